The van der Waals surface area contributed by atoms with Gasteiger partial charge in [0.1, 0.15) is 5.75 Å². The highest BCUT2D eigenvalue weighted by Crippen LogP contribution is 2.45. The molecular formula is C17H16F3NO3. The number of carbonyl (C=O) groups is 1. The summed E-state index contributed by atoms with van der Waals surface area (Å²) in [4.78, 5) is 12.3. The number of benzene rings is 1. The molecule has 0 amide bonds. The average molecular weight is 339 g/mol. The van der Waals surface area contributed by atoms with Crippen molar-refractivity contribution in [3.8, 4) is 11.8 Å². The maximum atomic E-state index is 12.3. The van der Waals surface area contributed by atoms with Gasteiger partial charge in [-0.05, 0) is 37.5 Å². The zero-order chi connectivity index (χ0) is 17.8. The molecule has 0 spiro atoms. The fraction of sp³-hybridized carbons (Fsp3) is 0.412. The molecule has 0 heterocycles. The molecule has 0 aliphatic heterocycles. The summed E-state index contributed by atoms with van der Waals surface area (Å²) in [5.74, 6) is -1.46. The van der Waals surface area contributed by atoms with E-state index in [4.69, 9.17) is 4.74 Å². The van der Waals surface area contributed by atoms with Crippen LogP contribution in [0.3, 0.4) is 0 Å². The molecule has 1 aliphatic carbocycles. The van der Waals surface area contributed by atoms with Crippen LogP contribution in [-0.4, -0.2) is 18.9 Å². The molecule has 0 saturated carbocycles. The van der Waals surface area contributed by atoms with E-state index in [1.54, 1.807) is 13.0 Å². The number of rotatable bonds is 4. The highest BCUT2D eigenvalue weighted by atomic mass is 19.4. The molecular weight excluding hydrogens is 323 g/mol. The molecule has 0 saturated heterocycles. The van der Waals surface area contributed by atoms with Gasteiger partial charge in [-0.2, -0.15) is 5.26 Å². The summed E-state index contributed by atoms with van der Waals surface area (Å²) in [6.45, 7) is 1.80. The smallest absolute Gasteiger partial charge is 0.465 e. The third kappa shape index (κ3) is 3.70. The Balaban J connectivity index is 2.32. The van der Waals surface area contributed by atoms with Gasteiger partial charge < -0.3 is 9.47 Å². The number of nitriles is 1. The van der Waals surface area contributed by atoms with Crippen molar-refractivity contribution in [3.05, 3.63) is 42.0 Å². The van der Waals surface area contributed by atoms with E-state index in [0.29, 0.717) is 12.0 Å². The van der Waals surface area contributed by atoms with Crippen LogP contribution in [0.1, 0.15) is 31.2 Å². The normalized spacial score (nSPS) is 23.4. The van der Waals surface area contributed by atoms with E-state index in [1.807, 2.05) is 6.08 Å². The van der Waals surface area contributed by atoms with Gasteiger partial charge >= 0.3 is 12.3 Å². The van der Waals surface area contributed by atoms with Gasteiger partial charge in [-0.3, -0.25) is 4.79 Å². The van der Waals surface area contributed by atoms with Crippen molar-refractivity contribution in [1.29, 1.82) is 5.26 Å². The Hall–Kier alpha value is -2.49. The van der Waals surface area contributed by atoms with E-state index in [2.05, 4.69) is 10.8 Å². The molecule has 1 aromatic rings. The summed E-state index contributed by atoms with van der Waals surface area (Å²) < 4.78 is 45.6. The highest BCUT2D eigenvalue weighted by molar-refractivity contribution is 5.82. The van der Waals surface area contributed by atoms with Crippen LogP contribution in [0.4, 0.5) is 13.2 Å². The number of hydrogen-bond acceptors (Lipinski definition) is 4. The van der Waals surface area contributed by atoms with Crippen LogP contribution in [0.25, 0.3) is 0 Å². The molecule has 128 valence electrons. The Morgan fingerprint density at radius 2 is 2.00 bits per heavy atom. The number of hydrogen-bond donors (Lipinski definition) is 0. The zero-order valence-electron chi connectivity index (χ0n) is 13.0. The van der Waals surface area contributed by atoms with Crippen molar-refractivity contribution in [2.45, 2.75) is 32.0 Å². The number of esters is 1. The van der Waals surface area contributed by atoms with Gasteiger partial charge in [0.2, 0.25) is 0 Å². The van der Waals surface area contributed by atoms with Gasteiger partial charge in [-0.1, -0.05) is 24.3 Å². The van der Waals surface area contributed by atoms with Gasteiger partial charge in [-0.15, -0.1) is 13.2 Å². The molecule has 0 bridgehead atoms. The standard InChI is InChI=1S/C17H16F3NO3/c1-2-23-15(22)16(11-21)10-4-3-5-14(16)12-6-8-13(9-7-12)24-17(18,19)20/h3-4,6-9,14H,2,5,10H2,1H3. The fourth-order valence-corrected chi connectivity index (χ4v) is 2.82. The van der Waals surface area contributed by atoms with E-state index in [1.165, 1.54) is 24.3 Å². The number of ether oxygens (including phenoxy) is 2. The number of allylic oxidation sites excluding steroid dienone is 2. The Labute approximate surface area is 137 Å². The first-order valence-corrected chi connectivity index (χ1v) is 7.41. The molecule has 0 fully saturated rings. The molecule has 2 rings (SSSR count). The highest BCUT2D eigenvalue weighted by Gasteiger charge is 2.48. The monoisotopic (exact) mass is 339 g/mol. The Bertz CT molecular complexity index is 661. The number of nitrogens with zero attached hydrogens (tertiary/aromatic N) is 1. The summed E-state index contributed by atoms with van der Waals surface area (Å²) in [5.41, 5.74) is -0.791. The van der Waals surface area contributed by atoms with Crippen LogP contribution >= 0.6 is 0 Å². The van der Waals surface area contributed by atoms with Gasteiger partial charge in [0, 0.05) is 5.92 Å². The number of alkyl halides is 3. The van der Waals surface area contributed by atoms with Gasteiger partial charge in [0.25, 0.3) is 0 Å². The summed E-state index contributed by atoms with van der Waals surface area (Å²) in [6.07, 6.45) is -0.548. The third-order valence-corrected chi connectivity index (χ3v) is 3.93. The predicted octanol–water partition coefficient (Wildman–Crippen LogP) is 4.09. The average Bonchev–Trinajstić information content (AvgIpc) is 2.54. The maximum Gasteiger partial charge on any atom is 0.573 e. The summed E-state index contributed by atoms with van der Waals surface area (Å²) in [5, 5.41) is 9.62. The van der Waals surface area contributed by atoms with Gasteiger partial charge in [0.15, 0.2) is 5.41 Å². The number of halogens is 3. The molecule has 24 heavy (non-hydrogen) atoms. The maximum absolute atomic E-state index is 12.3. The van der Waals surface area contributed by atoms with E-state index in [-0.39, 0.29) is 18.8 Å². The molecule has 2 atom stereocenters. The first-order chi connectivity index (χ1) is 11.3. The Kier molecular flexibility index (Phi) is 5.17. The van der Waals surface area contributed by atoms with Crippen LogP contribution < -0.4 is 4.74 Å². The van der Waals surface area contributed by atoms with Gasteiger partial charge in [0.05, 0.1) is 12.7 Å². The SMILES string of the molecule is CCOC(=O)C1(C#N)CC=CCC1c1ccc(OC(F)(F)F)cc1. The lowest BCUT2D eigenvalue weighted by Crippen LogP contribution is -2.38. The molecule has 1 aliphatic rings. The molecule has 2 unspecified atom stereocenters. The lowest BCUT2D eigenvalue weighted by Gasteiger charge is -2.34. The second-order valence-corrected chi connectivity index (χ2v) is 5.38. The number of carbonyl (C=O) groups excluding carboxylic acids is 1. The minimum absolute atomic E-state index is 0.150. The third-order valence-electron chi connectivity index (χ3n) is 3.93. The minimum Gasteiger partial charge on any atom is -0.465 e. The first-order valence-electron chi connectivity index (χ1n) is 7.41. The Morgan fingerprint density at radius 1 is 1.33 bits per heavy atom. The van der Waals surface area contributed by atoms with E-state index >= 15 is 0 Å². The second kappa shape index (κ2) is 6.95. The van der Waals surface area contributed by atoms with Crippen LogP contribution in [0.2, 0.25) is 0 Å². The van der Waals surface area contributed by atoms with Crippen molar-refractivity contribution in [1.82, 2.24) is 0 Å². The van der Waals surface area contributed by atoms with Gasteiger partial charge in [-0.25, -0.2) is 0 Å². The lowest BCUT2D eigenvalue weighted by atomic mass is 9.67. The topological polar surface area (TPSA) is 59.3 Å². The lowest BCUT2D eigenvalue weighted by molar-refractivity contribution is -0.274. The molecule has 0 aromatic heterocycles. The van der Waals surface area contributed by atoms with E-state index in [0.717, 1.165) is 0 Å². The summed E-state index contributed by atoms with van der Waals surface area (Å²) in [6, 6.07) is 7.30. The van der Waals surface area contributed by atoms with Crippen LogP contribution in [-0.2, 0) is 9.53 Å². The van der Waals surface area contributed by atoms with Crippen LogP contribution in [0.5, 0.6) is 5.75 Å². The molecule has 1 aromatic carbocycles. The molecule has 0 N–H and O–H groups in total. The quantitative estimate of drug-likeness (QED) is 0.612. The van der Waals surface area contributed by atoms with E-state index in [9.17, 15) is 23.2 Å². The van der Waals surface area contributed by atoms with Crippen molar-refractivity contribution >= 4 is 5.97 Å². The second-order valence-electron chi connectivity index (χ2n) is 5.38. The Morgan fingerprint density at radius 3 is 2.54 bits per heavy atom. The predicted molar refractivity (Wildman–Crippen MR) is 78.9 cm³/mol. The van der Waals surface area contributed by atoms with Crippen molar-refractivity contribution < 1.29 is 27.4 Å². The van der Waals surface area contributed by atoms with Crippen molar-refractivity contribution in [3.63, 3.8) is 0 Å². The summed E-state index contributed by atoms with van der Waals surface area (Å²) in [7, 11) is 0. The minimum atomic E-state index is -4.77. The molecule has 4 nitrogen and oxygen atoms in total. The van der Waals surface area contributed by atoms with Crippen LogP contribution in [0, 0.1) is 16.7 Å². The fourth-order valence-electron chi connectivity index (χ4n) is 2.82. The van der Waals surface area contributed by atoms with Crippen LogP contribution in [0.15, 0.2) is 36.4 Å². The zero-order valence-corrected chi connectivity index (χ0v) is 13.0. The first kappa shape index (κ1) is 17.9. The van der Waals surface area contributed by atoms with Crippen molar-refractivity contribution in [2.24, 2.45) is 5.41 Å². The largest absolute Gasteiger partial charge is 0.573 e. The van der Waals surface area contributed by atoms with Crippen molar-refractivity contribution in [2.75, 3.05) is 6.61 Å². The molecule has 7 heteroatoms. The van der Waals surface area contributed by atoms with E-state index < -0.39 is 23.7 Å². The molecule has 0 radical (unpaired) electrons. The summed E-state index contributed by atoms with van der Waals surface area (Å²) >= 11 is 0.